The zero-order chi connectivity index (χ0) is 26.6. The number of ether oxygens (including phenoxy) is 2. The van der Waals surface area contributed by atoms with Crippen LogP contribution < -0.4 is 21.0 Å². The molecule has 2 N–H and O–H groups in total. The molecule has 3 aromatic rings. The molecule has 200 valence electrons. The van der Waals surface area contributed by atoms with E-state index >= 15 is 0 Å². The molecule has 9 heteroatoms. The second-order valence-electron chi connectivity index (χ2n) is 9.96. The normalized spacial score (nSPS) is 17.3. The Labute approximate surface area is 225 Å². The summed E-state index contributed by atoms with van der Waals surface area (Å²) in [5.41, 5.74) is 3.48. The molecule has 0 spiro atoms. The number of amides is 2. The number of halogens is 1. The predicted molar refractivity (Wildman–Crippen MR) is 144 cm³/mol. The summed E-state index contributed by atoms with van der Waals surface area (Å²) < 4.78 is 17.1. The minimum absolute atomic E-state index is 0.00875. The molecule has 1 aliphatic carbocycles. The number of benzene rings is 2. The molecule has 2 aromatic carbocycles. The Morgan fingerprint density at radius 2 is 1.92 bits per heavy atom. The molecule has 2 heterocycles. The Morgan fingerprint density at radius 3 is 2.68 bits per heavy atom. The summed E-state index contributed by atoms with van der Waals surface area (Å²) in [4.78, 5) is 38.5. The lowest BCUT2D eigenvalue weighted by Gasteiger charge is -2.20. The van der Waals surface area contributed by atoms with Gasteiger partial charge in [-0.1, -0.05) is 23.7 Å². The van der Waals surface area contributed by atoms with Crippen LogP contribution >= 0.6 is 11.6 Å². The summed E-state index contributed by atoms with van der Waals surface area (Å²) in [6.07, 6.45) is 4.48. The third-order valence-electron chi connectivity index (χ3n) is 7.07. The zero-order valence-electron chi connectivity index (χ0n) is 21.3. The fraction of sp³-hybridized carbons (Fsp3) is 0.414. The first-order valence-corrected chi connectivity index (χ1v) is 13.4. The number of rotatable bonds is 9. The molecule has 0 radical (unpaired) electrons. The summed E-state index contributed by atoms with van der Waals surface area (Å²) in [6.45, 7) is 2.68. The van der Waals surface area contributed by atoms with Gasteiger partial charge >= 0.3 is 5.63 Å². The van der Waals surface area contributed by atoms with E-state index in [0.29, 0.717) is 47.9 Å². The van der Waals surface area contributed by atoms with Crippen LogP contribution in [0.15, 0.2) is 45.6 Å². The molecule has 38 heavy (non-hydrogen) atoms. The molecule has 2 amide bonds. The maximum Gasteiger partial charge on any atom is 0.339 e. The van der Waals surface area contributed by atoms with E-state index in [2.05, 4.69) is 10.6 Å². The van der Waals surface area contributed by atoms with Crippen molar-refractivity contribution in [3.63, 3.8) is 0 Å². The van der Waals surface area contributed by atoms with E-state index in [1.807, 2.05) is 31.2 Å². The predicted octanol–water partition coefficient (Wildman–Crippen LogP) is 3.65. The summed E-state index contributed by atoms with van der Waals surface area (Å²) >= 11 is 6.01. The quantitative estimate of drug-likeness (QED) is 0.403. The van der Waals surface area contributed by atoms with Crippen molar-refractivity contribution in [2.45, 2.75) is 57.6 Å². The van der Waals surface area contributed by atoms with Crippen molar-refractivity contribution >= 4 is 34.4 Å². The first-order chi connectivity index (χ1) is 18.4. The van der Waals surface area contributed by atoms with Gasteiger partial charge in [0.25, 0.3) is 5.91 Å². The number of hydrogen-bond acceptors (Lipinski definition) is 6. The molecule has 1 aromatic heterocycles. The maximum absolute atomic E-state index is 13.1. The standard InChI is InChI=1S/C29H31ClN2O6/c1-17-12-24(27-21-5-2-6-22(21)29(35)38-25(27)13-17)37-16-26(33)32-23(14-18-7-9-19(30)10-8-18)28(34)31-15-20-4-3-11-36-20/h7-10,12-13,20,23H,2-6,11,14-16H2,1H3,(H,31,34)(H,32,33)/t20-,23+/m1/s1. The van der Waals surface area contributed by atoms with Gasteiger partial charge in [-0.05, 0) is 80.0 Å². The van der Waals surface area contributed by atoms with Crippen molar-refractivity contribution < 1.29 is 23.5 Å². The molecule has 2 aliphatic rings. The van der Waals surface area contributed by atoms with Gasteiger partial charge in [0.2, 0.25) is 5.91 Å². The summed E-state index contributed by atoms with van der Waals surface area (Å²) in [6, 6.07) is 10.0. The molecule has 1 saturated heterocycles. The van der Waals surface area contributed by atoms with Crippen molar-refractivity contribution in [2.75, 3.05) is 19.8 Å². The van der Waals surface area contributed by atoms with Gasteiger partial charge in [0.05, 0.1) is 11.5 Å². The van der Waals surface area contributed by atoms with E-state index < -0.39 is 11.9 Å². The molecular formula is C29H31ClN2O6. The Morgan fingerprint density at radius 1 is 1.13 bits per heavy atom. The van der Waals surface area contributed by atoms with Gasteiger partial charge < -0.3 is 24.5 Å². The third kappa shape index (κ3) is 6.03. The van der Waals surface area contributed by atoms with Crippen LogP contribution in [0.3, 0.4) is 0 Å². The Bertz CT molecular complexity index is 1390. The van der Waals surface area contributed by atoms with Crippen LogP contribution in [0.25, 0.3) is 11.0 Å². The van der Waals surface area contributed by atoms with Gasteiger partial charge in [0, 0.05) is 30.2 Å². The largest absolute Gasteiger partial charge is 0.483 e. The Balaban J connectivity index is 1.30. The highest BCUT2D eigenvalue weighted by Crippen LogP contribution is 2.35. The van der Waals surface area contributed by atoms with Crippen LogP contribution in [-0.4, -0.2) is 43.7 Å². The minimum atomic E-state index is -0.801. The van der Waals surface area contributed by atoms with Crippen molar-refractivity contribution in [1.82, 2.24) is 10.6 Å². The second-order valence-corrected chi connectivity index (χ2v) is 10.4. The zero-order valence-corrected chi connectivity index (χ0v) is 22.1. The van der Waals surface area contributed by atoms with Gasteiger partial charge in [-0.3, -0.25) is 9.59 Å². The second kappa shape index (κ2) is 11.6. The average molecular weight is 539 g/mol. The van der Waals surface area contributed by atoms with Crippen LogP contribution in [-0.2, 0) is 33.6 Å². The van der Waals surface area contributed by atoms with Crippen LogP contribution in [0.2, 0.25) is 5.02 Å². The third-order valence-corrected chi connectivity index (χ3v) is 7.32. The summed E-state index contributed by atoms with van der Waals surface area (Å²) in [7, 11) is 0. The number of carbonyl (C=O) groups is 2. The maximum atomic E-state index is 13.1. The van der Waals surface area contributed by atoms with Gasteiger partial charge in [-0.2, -0.15) is 0 Å². The van der Waals surface area contributed by atoms with E-state index in [1.54, 1.807) is 12.1 Å². The highest BCUT2D eigenvalue weighted by Gasteiger charge is 2.25. The Hall–Kier alpha value is -3.36. The molecule has 5 rings (SSSR count). The molecule has 1 fully saturated rings. The van der Waals surface area contributed by atoms with E-state index in [-0.39, 0.29) is 24.2 Å². The highest BCUT2D eigenvalue weighted by atomic mass is 35.5. The topological polar surface area (TPSA) is 107 Å². The van der Waals surface area contributed by atoms with Crippen molar-refractivity contribution in [2.24, 2.45) is 0 Å². The molecule has 1 aliphatic heterocycles. The number of nitrogens with one attached hydrogen (secondary N) is 2. The first kappa shape index (κ1) is 26.3. The molecular weight excluding hydrogens is 508 g/mol. The first-order valence-electron chi connectivity index (χ1n) is 13.0. The molecule has 0 saturated carbocycles. The van der Waals surface area contributed by atoms with Crippen molar-refractivity contribution in [1.29, 1.82) is 0 Å². The lowest BCUT2D eigenvalue weighted by Crippen LogP contribution is -2.50. The monoisotopic (exact) mass is 538 g/mol. The molecule has 0 unspecified atom stereocenters. The fourth-order valence-electron chi connectivity index (χ4n) is 5.21. The molecule has 8 nitrogen and oxygen atoms in total. The van der Waals surface area contributed by atoms with E-state index in [0.717, 1.165) is 47.8 Å². The van der Waals surface area contributed by atoms with Crippen LogP contribution in [0.5, 0.6) is 5.75 Å². The summed E-state index contributed by atoms with van der Waals surface area (Å²) in [5.74, 6) is -0.224. The summed E-state index contributed by atoms with van der Waals surface area (Å²) in [5, 5.41) is 7.07. The van der Waals surface area contributed by atoms with E-state index in [1.165, 1.54) is 0 Å². The van der Waals surface area contributed by atoms with Gasteiger partial charge in [0.15, 0.2) is 6.61 Å². The number of fused-ring (bicyclic) bond motifs is 3. The number of hydrogen-bond donors (Lipinski definition) is 2. The molecule has 2 atom stereocenters. The fourth-order valence-corrected chi connectivity index (χ4v) is 5.33. The average Bonchev–Trinajstić information content (AvgIpc) is 3.59. The highest BCUT2D eigenvalue weighted by molar-refractivity contribution is 6.30. The van der Waals surface area contributed by atoms with Crippen molar-refractivity contribution in [3.8, 4) is 5.75 Å². The number of carbonyl (C=O) groups excluding carboxylic acids is 2. The van der Waals surface area contributed by atoms with Crippen LogP contribution in [0.4, 0.5) is 0 Å². The van der Waals surface area contributed by atoms with Gasteiger partial charge in [-0.25, -0.2) is 4.79 Å². The Kier molecular flexibility index (Phi) is 8.00. The molecule has 0 bridgehead atoms. The van der Waals surface area contributed by atoms with Gasteiger partial charge in [0.1, 0.15) is 17.4 Å². The lowest BCUT2D eigenvalue weighted by molar-refractivity contribution is -0.130. The SMILES string of the molecule is Cc1cc(OCC(=O)N[C@@H](Cc2ccc(Cl)cc2)C(=O)NC[C@H]2CCCO2)c2c3c(c(=O)oc2c1)CCC3. The minimum Gasteiger partial charge on any atom is -0.483 e. The van der Waals surface area contributed by atoms with E-state index in [9.17, 15) is 14.4 Å². The van der Waals surface area contributed by atoms with Crippen molar-refractivity contribution in [3.05, 3.63) is 74.1 Å². The smallest absolute Gasteiger partial charge is 0.339 e. The lowest BCUT2D eigenvalue weighted by atomic mass is 10.0. The number of aryl methyl sites for hydroxylation is 2. The van der Waals surface area contributed by atoms with Gasteiger partial charge in [-0.15, -0.1) is 0 Å². The van der Waals surface area contributed by atoms with Crippen LogP contribution in [0.1, 0.15) is 41.5 Å². The van der Waals surface area contributed by atoms with E-state index in [4.69, 9.17) is 25.5 Å². The van der Waals surface area contributed by atoms with Crippen LogP contribution in [0, 0.1) is 6.92 Å².